The van der Waals surface area contributed by atoms with E-state index in [1.165, 1.54) is 12.8 Å². The average Bonchev–Trinajstić information content (AvgIpc) is 3.10. The van der Waals surface area contributed by atoms with Crippen LogP contribution in [-0.2, 0) is 4.79 Å². The van der Waals surface area contributed by atoms with Gasteiger partial charge in [0.2, 0.25) is 0 Å². The lowest BCUT2D eigenvalue weighted by Gasteiger charge is -2.34. The highest BCUT2D eigenvalue weighted by molar-refractivity contribution is 5.78. The summed E-state index contributed by atoms with van der Waals surface area (Å²) in [5.41, 5.74) is -0.806. The van der Waals surface area contributed by atoms with Crippen LogP contribution in [0.4, 0.5) is 0 Å². The molecule has 17 heavy (non-hydrogen) atoms. The zero-order valence-corrected chi connectivity index (χ0v) is 11.1. The van der Waals surface area contributed by atoms with E-state index >= 15 is 0 Å². The standard InChI is InChI=1S/C13H24N2O2/c1-9(10-4-5-10)15(3)8-13(2,12(16)17)14-11-6-7-11/h9-11,14H,4-8H2,1-3H3,(H,16,17). The van der Waals surface area contributed by atoms with E-state index in [-0.39, 0.29) is 0 Å². The first-order valence-electron chi connectivity index (χ1n) is 6.64. The molecular weight excluding hydrogens is 216 g/mol. The van der Waals surface area contributed by atoms with Gasteiger partial charge in [0.1, 0.15) is 5.54 Å². The largest absolute Gasteiger partial charge is 0.480 e. The van der Waals surface area contributed by atoms with E-state index in [9.17, 15) is 9.90 Å². The molecule has 2 aliphatic rings. The minimum Gasteiger partial charge on any atom is -0.480 e. The average molecular weight is 240 g/mol. The number of rotatable bonds is 7. The van der Waals surface area contributed by atoms with E-state index in [4.69, 9.17) is 0 Å². The van der Waals surface area contributed by atoms with Crippen molar-refractivity contribution in [3.8, 4) is 0 Å². The number of likely N-dealkylation sites (N-methyl/N-ethyl adjacent to an activating group) is 1. The molecule has 2 fully saturated rings. The first kappa shape index (κ1) is 12.8. The molecule has 2 saturated carbocycles. The number of nitrogens with one attached hydrogen (secondary N) is 1. The number of carboxylic acid groups (broad SMARTS) is 1. The van der Waals surface area contributed by atoms with Gasteiger partial charge in [0.15, 0.2) is 0 Å². The van der Waals surface area contributed by atoms with Crippen LogP contribution in [0.25, 0.3) is 0 Å². The molecule has 0 aliphatic heterocycles. The highest BCUT2D eigenvalue weighted by atomic mass is 16.4. The monoisotopic (exact) mass is 240 g/mol. The van der Waals surface area contributed by atoms with Gasteiger partial charge in [-0.25, -0.2) is 0 Å². The molecule has 98 valence electrons. The van der Waals surface area contributed by atoms with Gasteiger partial charge in [-0.1, -0.05) is 0 Å². The van der Waals surface area contributed by atoms with Crippen LogP contribution in [0.5, 0.6) is 0 Å². The minimum atomic E-state index is -0.806. The van der Waals surface area contributed by atoms with Gasteiger partial charge >= 0.3 is 5.97 Å². The molecule has 0 bridgehead atoms. The summed E-state index contributed by atoms with van der Waals surface area (Å²) in [6.07, 6.45) is 4.83. The van der Waals surface area contributed by atoms with Crippen molar-refractivity contribution in [2.75, 3.05) is 13.6 Å². The second kappa shape index (κ2) is 4.58. The van der Waals surface area contributed by atoms with Gasteiger partial charge in [-0.15, -0.1) is 0 Å². The summed E-state index contributed by atoms with van der Waals surface area (Å²) in [5.74, 6) is 0.0400. The lowest BCUT2D eigenvalue weighted by Crippen LogP contribution is -2.58. The zero-order valence-electron chi connectivity index (χ0n) is 11.1. The van der Waals surface area contributed by atoms with Crippen molar-refractivity contribution in [3.05, 3.63) is 0 Å². The molecule has 2 atom stereocenters. The Balaban J connectivity index is 1.92. The predicted octanol–water partition coefficient (Wildman–Crippen LogP) is 1.31. The topological polar surface area (TPSA) is 52.6 Å². The molecule has 2 N–H and O–H groups in total. The van der Waals surface area contributed by atoms with E-state index in [1.54, 1.807) is 0 Å². The smallest absolute Gasteiger partial charge is 0.324 e. The van der Waals surface area contributed by atoms with Crippen LogP contribution in [0.1, 0.15) is 39.5 Å². The second-order valence-corrected chi connectivity index (χ2v) is 6.05. The van der Waals surface area contributed by atoms with Gasteiger partial charge in [-0.3, -0.25) is 10.1 Å². The van der Waals surface area contributed by atoms with Crippen molar-refractivity contribution in [2.24, 2.45) is 5.92 Å². The highest BCUT2D eigenvalue weighted by Crippen LogP contribution is 2.35. The predicted molar refractivity (Wildman–Crippen MR) is 67.0 cm³/mol. The highest BCUT2D eigenvalue weighted by Gasteiger charge is 2.41. The lowest BCUT2D eigenvalue weighted by molar-refractivity contribution is -0.145. The summed E-state index contributed by atoms with van der Waals surface area (Å²) in [4.78, 5) is 13.6. The Hall–Kier alpha value is -0.610. The Kier molecular flexibility index (Phi) is 3.46. The molecule has 0 radical (unpaired) electrons. The van der Waals surface area contributed by atoms with Crippen molar-refractivity contribution in [1.82, 2.24) is 10.2 Å². The fourth-order valence-corrected chi connectivity index (χ4v) is 2.43. The van der Waals surface area contributed by atoms with E-state index in [0.717, 1.165) is 18.8 Å². The van der Waals surface area contributed by atoms with Gasteiger partial charge in [0, 0.05) is 18.6 Å². The normalized spacial score (nSPS) is 25.6. The Labute approximate surface area is 103 Å². The molecule has 4 nitrogen and oxygen atoms in total. The number of hydrogen-bond acceptors (Lipinski definition) is 3. The zero-order chi connectivity index (χ0) is 12.6. The molecule has 2 aliphatic carbocycles. The molecular formula is C13H24N2O2. The molecule has 2 rings (SSSR count). The Morgan fingerprint density at radius 2 is 2.06 bits per heavy atom. The maximum atomic E-state index is 11.4. The molecule has 0 aromatic carbocycles. The van der Waals surface area contributed by atoms with Gasteiger partial charge in [-0.05, 0) is 52.5 Å². The van der Waals surface area contributed by atoms with E-state index < -0.39 is 11.5 Å². The number of aliphatic carboxylic acids is 1. The summed E-state index contributed by atoms with van der Waals surface area (Å²) < 4.78 is 0. The fourth-order valence-electron chi connectivity index (χ4n) is 2.43. The van der Waals surface area contributed by atoms with Crippen LogP contribution in [0, 0.1) is 5.92 Å². The third-order valence-electron chi connectivity index (χ3n) is 4.14. The number of carbonyl (C=O) groups is 1. The van der Waals surface area contributed by atoms with Crippen LogP contribution in [0.2, 0.25) is 0 Å². The molecule has 4 heteroatoms. The van der Waals surface area contributed by atoms with Gasteiger partial charge < -0.3 is 10.0 Å². The second-order valence-electron chi connectivity index (χ2n) is 6.05. The maximum absolute atomic E-state index is 11.4. The summed E-state index contributed by atoms with van der Waals surface area (Å²) in [6.45, 7) is 4.59. The van der Waals surface area contributed by atoms with Crippen LogP contribution in [0.3, 0.4) is 0 Å². The molecule has 0 spiro atoms. The van der Waals surface area contributed by atoms with Crippen molar-refractivity contribution < 1.29 is 9.90 Å². The number of carboxylic acids is 1. The summed E-state index contributed by atoms with van der Waals surface area (Å²) in [5, 5.41) is 12.7. The van der Waals surface area contributed by atoms with Crippen molar-refractivity contribution in [1.29, 1.82) is 0 Å². The third-order valence-corrected chi connectivity index (χ3v) is 4.14. The molecule has 0 amide bonds. The Morgan fingerprint density at radius 1 is 1.47 bits per heavy atom. The fraction of sp³-hybridized carbons (Fsp3) is 0.923. The lowest BCUT2D eigenvalue weighted by atomic mass is 10.0. The quantitative estimate of drug-likeness (QED) is 0.704. The van der Waals surface area contributed by atoms with Crippen molar-refractivity contribution in [3.63, 3.8) is 0 Å². The number of hydrogen-bond donors (Lipinski definition) is 2. The van der Waals surface area contributed by atoms with Gasteiger partial charge in [0.05, 0.1) is 0 Å². The first-order valence-corrected chi connectivity index (χ1v) is 6.64. The maximum Gasteiger partial charge on any atom is 0.324 e. The van der Waals surface area contributed by atoms with E-state index in [0.29, 0.717) is 18.6 Å². The molecule has 0 aromatic rings. The van der Waals surface area contributed by atoms with E-state index in [2.05, 4.69) is 17.1 Å². The van der Waals surface area contributed by atoms with Gasteiger partial charge in [0.25, 0.3) is 0 Å². The Bertz CT molecular complexity index is 300. The first-order chi connectivity index (χ1) is 7.92. The molecule has 2 unspecified atom stereocenters. The molecule has 0 saturated heterocycles. The molecule has 0 aromatic heterocycles. The van der Waals surface area contributed by atoms with Crippen LogP contribution < -0.4 is 5.32 Å². The minimum absolute atomic E-state index is 0.417. The Morgan fingerprint density at radius 3 is 2.47 bits per heavy atom. The van der Waals surface area contributed by atoms with Crippen LogP contribution >= 0.6 is 0 Å². The SMILES string of the molecule is CC(C1CC1)N(C)CC(C)(NC1CC1)C(=O)O. The van der Waals surface area contributed by atoms with Gasteiger partial charge in [-0.2, -0.15) is 0 Å². The summed E-state index contributed by atoms with van der Waals surface area (Å²) in [7, 11) is 2.04. The van der Waals surface area contributed by atoms with Crippen molar-refractivity contribution in [2.45, 2.75) is 57.2 Å². The molecule has 0 heterocycles. The summed E-state index contributed by atoms with van der Waals surface area (Å²) in [6, 6.07) is 0.912. The summed E-state index contributed by atoms with van der Waals surface area (Å²) >= 11 is 0. The van der Waals surface area contributed by atoms with Crippen LogP contribution in [0.15, 0.2) is 0 Å². The van der Waals surface area contributed by atoms with Crippen molar-refractivity contribution >= 4 is 5.97 Å². The third kappa shape index (κ3) is 3.19. The number of nitrogens with zero attached hydrogens (tertiary/aromatic N) is 1. The van der Waals surface area contributed by atoms with E-state index in [1.807, 2.05) is 14.0 Å². The van der Waals surface area contributed by atoms with Crippen LogP contribution in [-0.4, -0.2) is 47.2 Å².